The van der Waals surface area contributed by atoms with Gasteiger partial charge in [0.25, 0.3) is 0 Å². The first-order valence-corrected chi connectivity index (χ1v) is 9.01. The molecule has 3 heterocycles. The Kier molecular flexibility index (Phi) is 4.15. The minimum absolute atomic E-state index is 0.779. The topological polar surface area (TPSA) is 46.8 Å². The van der Waals surface area contributed by atoms with Crippen LogP contribution < -0.4 is 0 Å². The van der Waals surface area contributed by atoms with E-state index in [1.165, 1.54) is 5.56 Å². The van der Waals surface area contributed by atoms with E-state index in [0.29, 0.717) is 0 Å². The number of benzene rings is 1. The first-order chi connectivity index (χ1) is 11.3. The van der Waals surface area contributed by atoms with E-state index in [-0.39, 0.29) is 0 Å². The summed E-state index contributed by atoms with van der Waals surface area (Å²) < 4.78 is 3.20. The van der Waals surface area contributed by atoms with Crippen molar-refractivity contribution < 1.29 is 0 Å². The predicted molar refractivity (Wildman–Crippen MR) is 93.7 cm³/mol. The molecule has 116 valence electrons. The minimum atomic E-state index is 0.779. The Hall–Kier alpha value is -1.70. The van der Waals surface area contributed by atoms with Crippen molar-refractivity contribution in [3.63, 3.8) is 0 Å². The molecule has 0 radical (unpaired) electrons. The first kappa shape index (κ1) is 14.9. The van der Waals surface area contributed by atoms with Gasteiger partial charge in [-0.2, -0.15) is 0 Å². The number of halogens is 1. The molecule has 0 atom stereocenters. The molecular formula is C16H14BrN5S. The third-order valence-electron chi connectivity index (χ3n) is 3.68. The number of hydrogen-bond donors (Lipinski definition) is 0. The highest BCUT2D eigenvalue weighted by Gasteiger charge is 2.23. The van der Waals surface area contributed by atoms with Crippen molar-refractivity contribution in [2.24, 2.45) is 0 Å². The fourth-order valence-electron chi connectivity index (χ4n) is 2.60. The van der Waals surface area contributed by atoms with Crippen LogP contribution in [0, 0.1) is 0 Å². The number of pyridine rings is 1. The number of fused-ring (bicyclic) bond motifs is 1. The molecule has 0 aliphatic carbocycles. The zero-order chi connectivity index (χ0) is 15.6. The lowest BCUT2D eigenvalue weighted by atomic mass is 10.2. The van der Waals surface area contributed by atoms with Gasteiger partial charge in [0.2, 0.25) is 0 Å². The number of hydrogen-bond acceptors (Lipinski definition) is 5. The maximum Gasteiger partial charge on any atom is 0.193 e. The van der Waals surface area contributed by atoms with E-state index < -0.39 is 0 Å². The molecule has 0 bridgehead atoms. The van der Waals surface area contributed by atoms with E-state index in [1.54, 1.807) is 18.0 Å². The summed E-state index contributed by atoms with van der Waals surface area (Å²) in [6.07, 6.45) is 3.72. The van der Waals surface area contributed by atoms with Gasteiger partial charge in [-0.25, -0.2) is 0 Å². The summed E-state index contributed by atoms with van der Waals surface area (Å²) in [4.78, 5) is 6.55. The van der Waals surface area contributed by atoms with Gasteiger partial charge in [0.1, 0.15) is 0 Å². The number of nitrogens with zero attached hydrogens (tertiary/aromatic N) is 5. The zero-order valence-electron chi connectivity index (χ0n) is 12.3. The molecule has 3 aromatic rings. The summed E-state index contributed by atoms with van der Waals surface area (Å²) in [7, 11) is 0. The monoisotopic (exact) mass is 387 g/mol. The fourth-order valence-corrected chi connectivity index (χ4v) is 3.93. The van der Waals surface area contributed by atoms with Gasteiger partial charge in [-0.15, -0.1) is 10.2 Å². The maximum absolute atomic E-state index is 4.39. The van der Waals surface area contributed by atoms with Crippen LogP contribution in [0.3, 0.4) is 0 Å². The van der Waals surface area contributed by atoms with Crippen molar-refractivity contribution in [2.75, 3.05) is 5.88 Å². The van der Waals surface area contributed by atoms with Gasteiger partial charge in [-0.05, 0) is 17.7 Å². The molecule has 0 N–H and O–H groups in total. The Balaban J connectivity index is 1.62. The standard InChI is InChI=1S/C16H14BrN5S/c17-14-6-2-1-5-13(14)15-19-20-16-22(15)10-21(11-23-16)9-12-4-3-7-18-8-12/h1-8H,9-11H2. The molecule has 0 saturated heterocycles. The average molecular weight is 388 g/mol. The van der Waals surface area contributed by atoms with Crippen LogP contribution >= 0.6 is 27.7 Å². The Morgan fingerprint density at radius 1 is 1.13 bits per heavy atom. The van der Waals surface area contributed by atoms with Crippen LogP contribution in [0.5, 0.6) is 0 Å². The molecule has 1 aliphatic heterocycles. The first-order valence-electron chi connectivity index (χ1n) is 7.23. The van der Waals surface area contributed by atoms with Gasteiger partial charge < -0.3 is 0 Å². The van der Waals surface area contributed by atoms with Crippen molar-refractivity contribution in [2.45, 2.75) is 18.4 Å². The van der Waals surface area contributed by atoms with Crippen molar-refractivity contribution in [1.29, 1.82) is 0 Å². The molecule has 5 nitrogen and oxygen atoms in total. The average Bonchev–Trinajstić information content (AvgIpc) is 2.99. The second-order valence-electron chi connectivity index (χ2n) is 5.32. The Morgan fingerprint density at radius 2 is 2.04 bits per heavy atom. The fraction of sp³-hybridized carbons (Fsp3) is 0.188. The summed E-state index contributed by atoms with van der Waals surface area (Å²) in [6, 6.07) is 12.2. The van der Waals surface area contributed by atoms with Crippen LogP contribution in [0.25, 0.3) is 11.4 Å². The van der Waals surface area contributed by atoms with Crippen molar-refractivity contribution in [1.82, 2.24) is 24.6 Å². The van der Waals surface area contributed by atoms with Gasteiger partial charge in [-0.3, -0.25) is 14.5 Å². The molecule has 0 saturated carbocycles. The van der Waals surface area contributed by atoms with Crippen molar-refractivity contribution in [3.05, 3.63) is 58.8 Å². The Labute approximate surface area is 146 Å². The summed E-state index contributed by atoms with van der Waals surface area (Å²) in [5.74, 6) is 1.80. The van der Waals surface area contributed by atoms with Crippen LogP contribution in [-0.4, -0.2) is 30.5 Å². The molecule has 4 rings (SSSR count). The highest BCUT2D eigenvalue weighted by molar-refractivity contribution is 9.10. The summed E-state index contributed by atoms with van der Waals surface area (Å²) in [5.41, 5.74) is 2.28. The number of thioether (sulfide) groups is 1. The quantitative estimate of drug-likeness (QED) is 0.686. The van der Waals surface area contributed by atoms with Crippen molar-refractivity contribution in [3.8, 4) is 11.4 Å². The summed E-state index contributed by atoms with van der Waals surface area (Å²) in [6.45, 7) is 1.65. The lowest BCUT2D eigenvalue weighted by molar-refractivity contribution is 0.231. The molecule has 0 amide bonds. The molecule has 23 heavy (non-hydrogen) atoms. The highest BCUT2D eigenvalue weighted by atomic mass is 79.9. The predicted octanol–water partition coefficient (Wildman–Crippen LogP) is 3.63. The SMILES string of the molecule is Brc1ccccc1-c1nnc2n1CN(Cc1cccnc1)CS2. The summed E-state index contributed by atoms with van der Waals surface area (Å²) >= 11 is 5.32. The summed E-state index contributed by atoms with van der Waals surface area (Å²) in [5, 5.41) is 9.70. The van der Waals surface area contributed by atoms with Crippen molar-refractivity contribution >= 4 is 27.7 Å². The zero-order valence-corrected chi connectivity index (χ0v) is 14.7. The smallest absolute Gasteiger partial charge is 0.193 e. The molecular weight excluding hydrogens is 374 g/mol. The third kappa shape index (κ3) is 3.04. The molecule has 0 spiro atoms. The van der Waals surface area contributed by atoms with Gasteiger partial charge in [-0.1, -0.05) is 52.0 Å². The van der Waals surface area contributed by atoms with Gasteiger partial charge in [0.15, 0.2) is 11.0 Å². The maximum atomic E-state index is 4.39. The lowest BCUT2D eigenvalue weighted by Crippen LogP contribution is -2.30. The molecule has 2 aromatic heterocycles. The molecule has 1 aromatic carbocycles. The number of aromatic nitrogens is 4. The number of rotatable bonds is 3. The van der Waals surface area contributed by atoms with Crippen LogP contribution in [0.1, 0.15) is 5.56 Å². The largest absolute Gasteiger partial charge is 0.288 e. The second-order valence-corrected chi connectivity index (χ2v) is 7.09. The Bertz CT molecular complexity index is 820. The van der Waals surface area contributed by atoms with Crippen LogP contribution in [0.15, 0.2) is 58.4 Å². The molecule has 0 fully saturated rings. The third-order valence-corrected chi connectivity index (χ3v) is 5.42. The second kappa shape index (κ2) is 6.43. The van der Waals surface area contributed by atoms with E-state index in [2.05, 4.69) is 52.7 Å². The minimum Gasteiger partial charge on any atom is -0.288 e. The van der Waals surface area contributed by atoms with E-state index in [0.717, 1.165) is 40.1 Å². The van der Waals surface area contributed by atoms with Gasteiger partial charge >= 0.3 is 0 Å². The van der Waals surface area contributed by atoms with E-state index in [9.17, 15) is 0 Å². The van der Waals surface area contributed by atoms with Gasteiger partial charge in [0.05, 0.1) is 12.5 Å². The van der Waals surface area contributed by atoms with E-state index >= 15 is 0 Å². The molecule has 1 aliphatic rings. The van der Waals surface area contributed by atoms with Crippen LogP contribution in [0.2, 0.25) is 0 Å². The van der Waals surface area contributed by atoms with E-state index in [1.807, 2.05) is 30.5 Å². The van der Waals surface area contributed by atoms with E-state index in [4.69, 9.17) is 0 Å². The molecule has 7 heteroatoms. The highest BCUT2D eigenvalue weighted by Crippen LogP contribution is 2.32. The Morgan fingerprint density at radius 3 is 2.87 bits per heavy atom. The van der Waals surface area contributed by atoms with Crippen LogP contribution in [0.4, 0.5) is 0 Å². The van der Waals surface area contributed by atoms with Gasteiger partial charge in [0, 0.05) is 29.0 Å². The lowest BCUT2D eigenvalue weighted by Gasteiger charge is -2.27. The molecule has 0 unspecified atom stereocenters. The normalized spacial score (nSPS) is 14.7. The van der Waals surface area contributed by atoms with Crippen LogP contribution in [-0.2, 0) is 13.2 Å².